The maximum absolute atomic E-state index is 9.29. The Morgan fingerprint density at radius 3 is 2.84 bits per heavy atom. The zero-order valence-corrected chi connectivity index (χ0v) is 10.1. The Kier molecular flexibility index (Phi) is 2.62. The van der Waals surface area contributed by atoms with Gasteiger partial charge in [-0.3, -0.25) is 10.1 Å². The topological polar surface area (TPSA) is 91.4 Å². The quantitative estimate of drug-likeness (QED) is 0.726. The third-order valence-electron chi connectivity index (χ3n) is 3.04. The Balaban J connectivity index is 2.21. The molecule has 3 N–H and O–H groups in total. The molecule has 0 amide bonds. The standard InChI is InChI=1S/C14H11N5/c15-8-11-13(7-9-5-6-17-19-9)18-12-4-2-1-3-10(12)14(11)16/h1-6H,7H2,(H2,16,18)(H,17,19). The van der Waals surface area contributed by atoms with Crippen LogP contribution in [0.25, 0.3) is 10.9 Å². The molecule has 0 aliphatic carbocycles. The smallest absolute Gasteiger partial charge is 0.103 e. The van der Waals surface area contributed by atoms with Gasteiger partial charge in [0, 0.05) is 23.7 Å². The number of rotatable bonds is 2. The molecule has 0 fully saturated rings. The Bertz CT molecular complexity index is 768. The van der Waals surface area contributed by atoms with Crippen LogP contribution in [0.1, 0.15) is 17.0 Å². The van der Waals surface area contributed by atoms with Crippen molar-refractivity contribution in [2.24, 2.45) is 0 Å². The first-order valence-corrected chi connectivity index (χ1v) is 5.85. The van der Waals surface area contributed by atoms with E-state index in [1.165, 1.54) is 0 Å². The number of hydrogen-bond donors (Lipinski definition) is 2. The number of nitrogen functional groups attached to an aromatic ring is 1. The fourth-order valence-corrected chi connectivity index (χ4v) is 2.11. The minimum Gasteiger partial charge on any atom is -0.397 e. The second-order valence-corrected chi connectivity index (χ2v) is 4.23. The Labute approximate surface area is 109 Å². The van der Waals surface area contributed by atoms with Crippen LogP contribution in [0, 0.1) is 11.3 Å². The van der Waals surface area contributed by atoms with Crippen molar-refractivity contribution in [1.29, 1.82) is 5.26 Å². The average molecular weight is 249 g/mol. The zero-order valence-electron chi connectivity index (χ0n) is 10.1. The summed E-state index contributed by atoms with van der Waals surface area (Å²) in [5, 5.41) is 16.9. The van der Waals surface area contributed by atoms with Gasteiger partial charge in [0.1, 0.15) is 6.07 Å². The van der Waals surface area contributed by atoms with E-state index in [9.17, 15) is 5.26 Å². The maximum Gasteiger partial charge on any atom is 0.103 e. The number of fused-ring (bicyclic) bond motifs is 1. The molecule has 92 valence electrons. The first-order valence-electron chi connectivity index (χ1n) is 5.85. The Morgan fingerprint density at radius 1 is 1.26 bits per heavy atom. The summed E-state index contributed by atoms with van der Waals surface area (Å²) >= 11 is 0. The maximum atomic E-state index is 9.29. The van der Waals surface area contributed by atoms with Crippen LogP contribution in [-0.4, -0.2) is 15.2 Å². The normalized spacial score (nSPS) is 10.5. The van der Waals surface area contributed by atoms with Gasteiger partial charge in [0.25, 0.3) is 0 Å². The highest BCUT2D eigenvalue weighted by Gasteiger charge is 2.13. The van der Waals surface area contributed by atoms with E-state index in [0.29, 0.717) is 23.4 Å². The SMILES string of the molecule is N#Cc1c(Cc2ccn[nH]2)nc2ccccc2c1N. The molecule has 0 saturated carbocycles. The lowest BCUT2D eigenvalue weighted by Gasteiger charge is -2.08. The lowest BCUT2D eigenvalue weighted by atomic mass is 10.0. The number of anilines is 1. The van der Waals surface area contributed by atoms with Crippen LogP contribution < -0.4 is 5.73 Å². The van der Waals surface area contributed by atoms with E-state index in [4.69, 9.17) is 5.73 Å². The number of nitrogens with two attached hydrogens (primary N) is 1. The van der Waals surface area contributed by atoms with Crippen LogP contribution in [-0.2, 0) is 6.42 Å². The predicted molar refractivity (Wildman–Crippen MR) is 72.3 cm³/mol. The van der Waals surface area contributed by atoms with Crippen molar-refractivity contribution >= 4 is 16.6 Å². The summed E-state index contributed by atoms with van der Waals surface area (Å²) in [6.45, 7) is 0. The van der Waals surface area contributed by atoms with Crippen molar-refractivity contribution in [1.82, 2.24) is 15.2 Å². The van der Waals surface area contributed by atoms with E-state index in [1.54, 1.807) is 6.20 Å². The van der Waals surface area contributed by atoms with Gasteiger partial charge in [-0.05, 0) is 12.1 Å². The molecule has 0 radical (unpaired) electrons. The molecule has 0 bridgehead atoms. The highest BCUT2D eigenvalue weighted by atomic mass is 15.1. The second kappa shape index (κ2) is 4.42. The van der Waals surface area contributed by atoms with Gasteiger partial charge >= 0.3 is 0 Å². The fraction of sp³-hybridized carbons (Fsp3) is 0.0714. The number of nitriles is 1. The number of aromatic amines is 1. The van der Waals surface area contributed by atoms with E-state index < -0.39 is 0 Å². The minimum atomic E-state index is 0.438. The van der Waals surface area contributed by atoms with Crippen LogP contribution in [0.2, 0.25) is 0 Å². The molecule has 0 atom stereocenters. The Hall–Kier alpha value is -2.87. The van der Waals surface area contributed by atoms with Gasteiger partial charge in [-0.1, -0.05) is 18.2 Å². The summed E-state index contributed by atoms with van der Waals surface area (Å²) < 4.78 is 0. The molecule has 0 saturated heterocycles. The molecule has 0 spiro atoms. The molecular formula is C14H11N5. The molecule has 19 heavy (non-hydrogen) atoms. The highest BCUT2D eigenvalue weighted by molar-refractivity contribution is 5.93. The van der Waals surface area contributed by atoms with Crippen molar-refractivity contribution < 1.29 is 0 Å². The van der Waals surface area contributed by atoms with E-state index in [-0.39, 0.29) is 0 Å². The molecule has 0 unspecified atom stereocenters. The number of nitrogens with one attached hydrogen (secondary N) is 1. The van der Waals surface area contributed by atoms with Gasteiger partial charge in [-0.15, -0.1) is 0 Å². The third-order valence-corrected chi connectivity index (χ3v) is 3.04. The van der Waals surface area contributed by atoms with E-state index in [2.05, 4.69) is 21.3 Å². The summed E-state index contributed by atoms with van der Waals surface area (Å²) in [4.78, 5) is 4.53. The summed E-state index contributed by atoms with van der Waals surface area (Å²) in [5.41, 5.74) is 9.37. The molecule has 3 rings (SSSR count). The van der Waals surface area contributed by atoms with E-state index in [0.717, 1.165) is 16.6 Å². The predicted octanol–water partition coefficient (Wildman–Crippen LogP) is 2.00. The number of aromatic nitrogens is 3. The molecule has 2 aromatic heterocycles. The number of H-pyrrole nitrogens is 1. The lowest BCUT2D eigenvalue weighted by Crippen LogP contribution is -2.03. The van der Waals surface area contributed by atoms with Crippen LogP contribution >= 0.6 is 0 Å². The van der Waals surface area contributed by atoms with Crippen molar-refractivity contribution in [3.63, 3.8) is 0 Å². The summed E-state index contributed by atoms with van der Waals surface area (Å²) in [6, 6.07) is 11.6. The molecule has 0 aliphatic rings. The Morgan fingerprint density at radius 2 is 2.11 bits per heavy atom. The molecule has 3 aromatic rings. The molecule has 5 nitrogen and oxygen atoms in total. The number of nitrogens with zero attached hydrogens (tertiary/aromatic N) is 3. The van der Waals surface area contributed by atoms with E-state index >= 15 is 0 Å². The first kappa shape index (κ1) is 11.2. The van der Waals surface area contributed by atoms with Gasteiger partial charge in [0.15, 0.2) is 0 Å². The first-order chi connectivity index (χ1) is 9.29. The molecule has 0 aliphatic heterocycles. The summed E-state index contributed by atoms with van der Waals surface area (Å²) in [5.74, 6) is 0. The largest absolute Gasteiger partial charge is 0.397 e. The van der Waals surface area contributed by atoms with Gasteiger partial charge < -0.3 is 5.73 Å². The van der Waals surface area contributed by atoms with Crippen LogP contribution in [0.4, 0.5) is 5.69 Å². The average Bonchev–Trinajstić information content (AvgIpc) is 2.92. The molecule has 5 heteroatoms. The zero-order chi connectivity index (χ0) is 13.2. The van der Waals surface area contributed by atoms with Crippen LogP contribution in [0.5, 0.6) is 0 Å². The number of para-hydroxylation sites is 1. The van der Waals surface area contributed by atoms with Gasteiger partial charge in [0.05, 0.1) is 22.5 Å². The van der Waals surface area contributed by atoms with E-state index in [1.807, 2.05) is 30.3 Å². The summed E-state index contributed by atoms with van der Waals surface area (Å²) in [7, 11) is 0. The van der Waals surface area contributed by atoms with Crippen molar-refractivity contribution in [2.75, 3.05) is 5.73 Å². The van der Waals surface area contributed by atoms with Gasteiger partial charge in [-0.25, -0.2) is 0 Å². The van der Waals surface area contributed by atoms with Crippen molar-refractivity contribution in [3.8, 4) is 6.07 Å². The second-order valence-electron chi connectivity index (χ2n) is 4.23. The summed E-state index contributed by atoms with van der Waals surface area (Å²) in [6.07, 6.45) is 2.18. The van der Waals surface area contributed by atoms with Crippen LogP contribution in [0.15, 0.2) is 36.5 Å². The number of pyridine rings is 1. The monoisotopic (exact) mass is 249 g/mol. The lowest BCUT2D eigenvalue weighted by molar-refractivity contribution is 0.971. The number of hydrogen-bond acceptors (Lipinski definition) is 4. The van der Waals surface area contributed by atoms with Gasteiger partial charge in [-0.2, -0.15) is 10.4 Å². The fourth-order valence-electron chi connectivity index (χ4n) is 2.11. The molecule has 1 aromatic carbocycles. The van der Waals surface area contributed by atoms with Gasteiger partial charge in [0.2, 0.25) is 0 Å². The van der Waals surface area contributed by atoms with Crippen molar-refractivity contribution in [2.45, 2.75) is 6.42 Å². The van der Waals surface area contributed by atoms with Crippen LogP contribution in [0.3, 0.4) is 0 Å². The highest BCUT2D eigenvalue weighted by Crippen LogP contribution is 2.26. The molecular weight excluding hydrogens is 238 g/mol. The third kappa shape index (κ3) is 1.89. The van der Waals surface area contributed by atoms with Crippen molar-refractivity contribution in [3.05, 3.63) is 53.5 Å². The number of benzene rings is 1. The molecule has 2 heterocycles. The minimum absolute atomic E-state index is 0.438.